The molecule has 0 aromatic rings. The lowest BCUT2D eigenvalue weighted by atomic mass is 10.4. The summed E-state index contributed by atoms with van der Waals surface area (Å²) in [5, 5.41) is 0. The summed E-state index contributed by atoms with van der Waals surface area (Å²) in [6.07, 6.45) is 11.1. The molecule has 13 heavy (non-hydrogen) atoms. The zero-order valence-corrected chi connectivity index (χ0v) is 9.15. The summed E-state index contributed by atoms with van der Waals surface area (Å²) in [6.45, 7) is 0. The van der Waals surface area contributed by atoms with Crippen molar-refractivity contribution in [1.29, 1.82) is 0 Å². The van der Waals surface area contributed by atoms with Gasteiger partial charge >= 0.3 is 0 Å². The summed E-state index contributed by atoms with van der Waals surface area (Å²) < 4.78 is 0.637. The first kappa shape index (κ1) is 10.9. The van der Waals surface area contributed by atoms with E-state index in [0.717, 1.165) is 18.5 Å². The summed E-state index contributed by atoms with van der Waals surface area (Å²) in [6, 6.07) is 0. The van der Waals surface area contributed by atoms with Gasteiger partial charge in [-0.2, -0.15) is 0 Å². The van der Waals surface area contributed by atoms with E-state index in [1.54, 1.807) is 6.08 Å². The van der Waals surface area contributed by atoms with Crippen LogP contribution in [0.2, 0.25) is 0 Å². The predicted octanol–water partition coefficient (Wildman–Crippen LogP) is 2.88. The first-order valence-corrected chi connectivity index (χ1v) is 6.53. The number of allylic oxidation sites excluding steroid dienone is 3. The Labute approximate surface area is 88.0 Å². The average Bonchev–Trinajstić information content (AvgIpc) is 2.19. The van der Waals surface area contributed by atoms with Crippen LogP contribution in [0.1, 0.15) is 12.8 Å². The van der Waals surface area contributed by atoms with Gasteiger partial charge in [0.2, 0.25) is 0 Å². The van der Waals surface area contributed by atoms with Gasteiger partial charge in [-0.15, -0.1) is 23.5 Å². The van der Waals surface area contributed by atoms with Gasteiger partial charge in [0.1, 0.15) is 6.29 Å². The normalized spacial score (nSPS) is 22.3. The van der Waals surface area contributed by atoms with Gasteiger partial charge in [-0.05, 0) is 30.4 Å². The molecule has 0 saturated heterocycles. The molecule has 1 rings (SSSR count). The molecule has 1 heterocycles. The lowest BCUT2D eigenvalue weighted by Gasteiger charge is -2.14. The molecule has 0 amide bonds. The van der Waals surface area contributed by atoms with Crippen LogP contribution in [0.3, 0.4) is 0 Å². The number of carbonyl (C=O) groups is 1. The summed E-state index contributed by atoms with van der Waals surface area (Å²) in [5.74, 6) is 2.35. The SMILES string of the molecule is O=CC=CCCSC1C=CCCS1. The van der Waals surface area contributed by atoms with E-state index in [1.807, 2.05) is 29.6 Å². The maximum atomic E-state index is 9.96. The lowest BCUT2D eigenvalue weighted by Crippen LogP contribution is -1.99. The number of thioether (sulfide) groups is 2. The van der Waals surface area contributed by atoms with E-state index in [9.17, 15) is 4.79 Å². The Morgan fingerprint density at radius 2 is 2.54 bits per heavy atom. The summed E-state index contributed by atoms with van der Waals surface area (Å²) >= 11 is 3.97. The van der Waals surface area contributed by atoms with E-state index < -0.39 is 0 Å². The topological polar surface area (TPSA) is 17.1 Å². The number of carbonyl (C=O) groups excluding carboxylic acids is 1. The van der Waals surface area contributed by atoms with E-state index in [4.69, 9.17) is 0 Å². The van der Waals surface area contributed by atoms with Crippen molar-refractivity contribution in [2.24, 2.45) is 0 Å². The third-order valence-corrected chi connectivity index (χ3v) is 4.37. The molecule has 0 aliphatic carbocycles. The molecule has 0 aromatic heterocycles. The van der Waals surface area contributed by atoms with Crippen molar-refractivity contribution in [1.82, 2.24) is 0 Å². The Balaban J connectivity index is 2.04. The molecule has 1 nitrogen and oxygen atoms in total. The maximum absolute atomic E-state index is 9.96. The molecular weight excluding hydrogens is 200 g/mol. The molecule has 3 heteroatoms. The van der Waals surface area contributed by atoms with Gasteiger partial charge in [0.15, 0.2) is 0 Å². The minimum atomic E-state index is 0.637. The standard InChI is InChI=1S/C10H14OS2/c11-7-3-1-4-8-12-10-6-2-5-9-13-10/h1-3,6-7,10H,4-5,8-9H2. The van der Waals surface area contributed by atoms with Crippen molar-refractivity contribution in [2.75, 3.05) is 11.5 Å². The molecule has 1 atom stereocenters. The van der Waals surface area contributed by atoms with Gasteiger partial charge in [0, 0.05) is 0 Å². The number of hydrogen-bond acceptors (Lipinski definition) is 3. The smallest absolute Gasteiger partial charge is 0.142 e. The van der Waals surface area contributed by atoms with Gasteiger partial charge in [-0.25, -0.2) is 0 Å². The van der Waals surface area contributed by atoms with Gasteiger partial charge in [0.05, 0.1) is 4.58 Å². The minimum Gasteiger partial charge on any atom is -0.299 e. The predicted molar refractivity (Wildman–Crippen MR) is 62.3 cm³/mol. The summed E-state index contributed by atoms with van der Waals surface area (Å²) in [7, 11) is 0. The van der Waals surface area contributed by atoms with Crippen LogP contribution in [0.15, 0.2) is 24.3 Å². The van der Waals surface area contributed by atoms with E-state index in [1.165, 1.54) is 12.2 Å². The largest absolute Gasteiger partial charge is 0.299 e. The molecule has 1 aliphatic rings. The summed E-state index contributed by atoms with van der Waals surface area (Å²) in [5.41, 5.74) is 0. The van der Waals surface area contributed by atoms with Crippen molar-refractivity contribution in [3.05, 3.63) is 24.3 Å². The Kier molecular flexibility index (Phi) is 6.11. The first-order chi connectivity index (χ1) is 6.43. The number of rotatable bonds is 5. The zero-order valence-electron chi connectivity index (χ0n) is 7.52. The lowest BCUT2D eigenvalue weighted by molar-refractivity contribution is -0.104. The van der Waals surface area contributed by atoms with Crippen molar-refractivity contribution in [3.63, 3.8) is 0 Å². The Hall–Kier alpha value is -0.150. The van der Waals surface area contributed by atoms with Crippen LogP contribution in [-0.2, 0) is 4.79 Å². The fraction of sp³-hybridized carbons (Fsp3) is 0.500. The van der Waals surface area contributed by atoms with Crippen LogP contribution in [0, 0.1) is 0 Å². The van der Waals surface area contributed by atoms with Crippen molar-refractivity contribution >= 4 is 29.8 Å². The minimum absolute atomic E-state index is 0.637. The molecule has 0 radical (unpaired) electrons. The highest BCUT2D eigenvalue weighted by atomic mass is 32.2. The molecule has 0 spiro atoms. The van der Waals surface area contributed by atoms with Crippen LogP contribution >= 0.6 is 23.5 Å². The van der Waals surface area contributed by atoms with Crippen LogP contribution < -0.4 is 0 Å². The van der Waals surface area contributed by atoms with E-state index >= 15 is 0 Å². The van der Waals surface area contributed by atoms with Crippen LogP contribution in [0.25, 0.3) is 0 Å². The van der Waals surface area contributed by atoms with E-state index in [0.29, 0.717) is 4.58 Å². The van der Waals surface area contributed by atoms with Crippen molar-refractivity contribution in [3.8, 4) is 0 Å². The molecule has 1 aliphatic heterocycles. The number of hydrogen-bond donors (Lipinski definition) is 0. The monoisotopic (exact) mass is 214 g/mol. The second-order valence-corrected chi connectivity index (χ2v) is 5.48. The second-order valence-electron chi connectivity index (χ2n) is 2.68. The summed E-state index contributed by atoms with van der Waals surface area (Å²) in [4.78, 5) is 9.96. The molecular formula is C10H14OS2. The first-order valence-electron chi connectivity index (χ1n) is 4.43. The van der Waals surface area contributed by atoms with Crippen LogP contribution in [0.4, 0.5) is 0 Å². The zero-order chi connectivity index (χ0) is 9.36. The Bertz CT molecular complexity index is 199. The third kappa shape index (κ3) is 5.21. The molecule has 0 aromatic carbocycles. The quantitative estimate of drug-likeness (QED) is 0.303. The third-order valence-electron chi connectivity index (χ3n) is 1.64. The molecule has 0 saturated carbocycles. The molecule has 0 fully saturated rings. The van der Waals surface area contributed by atoms with Gasteiger partial charge in [-0.1, -0.05) is 18.2 Å². The van der Waals surface area contributed by atoms with E-state index in [2.05, 4.69) is 12.2 Å². The maximum Gasteiger partial charge on any atom is 0.142 e. The fourth-order valence-electron chi connectivity index (χ4n) is 1.02. The van der Waals surface area contributed by atoms with Crippen molar-refractivity contribution < 1.29 is 4.79 Å². The highest BCUT2D eigenvalue weighted by Gasteiger charge is 2.07. The Morgan fingerprint density at radius 3 is 3.23 bits per heavy atom. The van der Waals surface area contributed by atoms with Crippen LogP contribution in [-0.4, -0.2) is 22.4 Å². The molecule has 0 bridgehead atoms. The molecule has 1 unspecified atom stereocenters. The van der Waals surface area contributed by atoms with E-state index in [-0.39, 0.29) is 0 Å². The van der Waals surface area contributed by atoms with Crippen molar-refractivity contribution in [2.45, 2.75) is 17.4 Å². The molecule has 72 valence electrons. The fourth-order valence-corrected chi connectivity index (χ4v) is 3.44. The molecule has 0 N–H and O–H groups in total. The number of aldehydes is 1. The average molecular weight is 214 g/mol. The van der Waals surface area contributed by atoms with Crippen LogP contribution in [0.5, 0.6) is 0 Å². The van der Waals surface area contributed by atoms with Gasteiger partial charge in [0.25, 0.3) is 0 Å². The van der Waals surface area contributed by atoms with Gasteiger partial charge in [-0.3, -0.25) is 4.79 Å². The highest BCUT2D eigenvalue weighted by Crippen LogP contribution is 2.29. The second kappa shape index (κ2) is 7.27. The highest BCUT2D eigenvalue weighted by molar-refractivity contribution is 8.17. The van der Waals surface area contributed by atoms with Gasteiger partial charge < -0.3 is 0 Å². The Morgan fingerprint density at radius 1 is 1.62 bits per heavy atom.